The van der Waals surface area contributed by atoms with E-state index in [4.69, 9.17) is 10.2 Å². The Morgan fingerprint density at radius 2 is 1.62 bits per heavy atom. The molecule has 0 spiro atoms. The summed E-state index contributed by atoms with van der Waals surface area (Å²) in [5.74, 6) is -3.68. The second-order valence-electron chi connectivity index (χ2n) is 6.59. The molecule has 29 heavy (non-hydrogen) atoms. The molecule has 2 rings (SSSR count). The van der Waals surface area contributed by atoms with Gasteiger partial charge in [0.15, 0.2) is 9.84 Å². The number of aliphatic carboxylic acids is 2. The molecule has 0 bridgehead atoms. The number of sulfonamides is 1. The van der Waals surface area contributed by atoms with Crippen LogP contribution < -0.4 is 4.72 Å². The van der Waals surface area contributed by atoms with Crippen LogP contribution in [-0.2, 0) is 29.4 Å². The fourth-order valence-corrected chi connectivity index (χ4v) is 6.37. The number of carbonyl (C=O) groups is 2. The molecule has 0 heterocycles. The Morgan fingerprint density at radius 1 is 1.00 bits per heavy atom. The first kappa shape index (κ1) is 22.8. The van der Waals surface area contributed by atoms with Crippen LogP contribution in [-0.4, -0.2) is 56.0 Å². The van der Waals surface area contributed by atoms with Gasteiger partial charge < -0.3 is 10.2 Å². The van der Waals surface area contributed by atoms with Crippen LogP contribution in [0.3, 0.4) is 0 Å². The number of benzene rings is 2. The summed E-state index contributed by atoms with van der Waals surface area (Å²) in [5, 5.41) is 17.9. The summed E-state index contributed by atoms with van der Waals surface area (Å²) in [7, 11) is -8.32. The van der Waals surface area contributed by atoms with Gasteiger partial charge in [-0.2, -0.15) is 0 Å². The Bertz CT molecular complexity index is 1130. The Morgan fingerprint density at radius 3 is 2.21 bits per heavy atom. The van der Waals surface area contributed by atoms with Crippen molar-refractivity contribution >= 4 is 42.6 Å². The molecular weight excluding hydrogens is 422 g/mol. The van der Waals surface area contributed by atoms with Crippen LogP contribution in [0.5, 0.6) is 0 Å². The van der Waals surface area contributed by atoms with Crippen LogP contribution in [0.15, 0.2) is 47.4 Å². The van der Waals surface area contributed by atoms with Gasteiger partial charge in [-0.3, -0.25) is 9.59 Å². The van der Waals surface area contributed by atoms with Gasteiger partial charge in [-0.25, -0.2) is 21.6 Å². The maximum atomic E-state index is 12.8. The second kappa shape index (κ2) is 8.89. The number of hydrogen-bond acceptors (Lipinski definition) is 6. The van der Waals surface area contributed by atoms with Gasteiger partial charge in [0, 0.05) is 6.42 Å². The lowest BCUT2D eigenvalue weighted by Crippen LogP contribution is -2.44. The number of fused-ring (bicyclic) bond motifs is 1. The molecule has 0 aliphatic heterocycles. The monoisotopic (exact) mass is 443 g/mol. The molecule has 11 heteroatoms. The molecule has 0 saturated heterocycles. The van der Waals surface area contributed by atoms with Crippen molar-refractivity contribution < 1.29 is 36.6 Å². The van der Waals surface area contributed by atoms with Gasteiger partial charge in [-0.05, 0) is 36.2 Å². The van der Waals surface area contributed by atoms with E-state index in [1.54, 1.807) is 24.3 Å². The van der Waals surface area contributed by atoms with E-state index in [2.05, 4.69) is 0 Å². The highest BCUT2D eigenvalue weighted by atomic mass is 32.2. The first-order valence-corrected chi connectivity index (χ1v) is 11.8. The fraction of sp³-hybridized carbons (Fsp3) is 0.333. The number of carboxylic acids is 2. The smallest absolute Gasteiger partial charge is 0.321 e. The van der Waals surface area contributed by atoms with Gasteiger partial charge in [0.1, 0.15) is 6.04 Å². The number of carboxylic acid groups (broad SMARTS) is 2. The molecule has 2 aromatic rings. The third kappa shape index (κ3) is 5.99. The molecule has 0 amide bonds. The fourth-order valence-electron chi connectivity index (χ4n) is 2.74. The maximum absolute atomic E-state index is 12.8. The molecular formula is C18H21NO8S2. The minimum Gasteiger partial charge on any atom is -0.481 e. The molecule has 0 aromatic heterocycles. The summed E-state index contributed by atoms with van der Waals surface area (Å²) in [5.41, 5.74) is 0. The summed E-state index contributed by atoms with van der Waals surface area (Å²) in [6, 6.07) is 9.90. The molecule has 9 nitrogen and oxygen atoms in total. The average Bonchev–Trinajstić information content (AvgIpc) is 2.63. The van der Waals surface area contributed by atoms with E-state index in [0.717, 1.165) is 5.39 Å². The molecule has 0 aliphatic carbocycles. The minimum absolute atomic E-state index is 0.0421. The van der Waals surface area contributed by atoms with Gasteiger partial charge in [-0.15, -0.1) is 0 Å². The van der Waals surface area contributed by atoms with Crippen molar-refractivity contribution in [3.63, 3.8) is 0 Å². The van der Waals surface area contributed by atoms with Crippen LogP contribution in [0, 0.1) is 0 Å². The van der Waals surface area contributed by atoms with E-state index in [1.165, 1.54) is 19.1 Å². The Kier molecular flexibility index (Phi) is 6.98. The van der Waals surface area contributed by atoms with Crippen molar-refractivity contribution in [1.82, 2.24) is 4.72 Å². The van der Waals surface area contributed by atoms with Crippen molar-refractivity contribution in [2.75, 3.05) is 5.75 Å². The molecule has 2 atom stereocenters. The first-order valence-electron chi connectivity index (χ1n) is 8.59. The van der Waals surface area contributed by atoms with Crippen molar-refractivity contribution in [3.8, 4) is 0 Å². The molecule has 158 valence electrons. The number of sulfone groups is 1. The zero-order chi connectivity index (χ0) is 21.8. The van der Waals surface area contributed by atoms with Crippen molar-refractivity contribution in [2.24, 2.45) is 0 Å². The normalized spacial score (nSPS) is 14.4. The third-order valence-electron chi connectivity index (χ3n) is 4.30. The molecule has 0 aliphatic rings. The second-order valence-corrected chi connectivity index (χ2v) is 10.8. The van der Waals surface area contributed by atoms with Gasteiger partial charge in [0.25, 0.3) is 0 Å². The summed E-state index contributed by atoms with van der Waals surface area (Å²) < 4.78 is 52.1. The van der Waals surface area contributed by atoms with Gasteiger partial charge in [0.2, 0.25) is 10.0 Å². The molecule has 0 saturated carbocycles. The minimum atomic E-state index is -4.31. The standard InChI is InChI=1S/C18H21NO8S2/c1-12(11-28(24,25)19-16(18(22)23)8-9-17(20)21)29(26,27)15-7-6-13-4-2-3-5-14(13)10-15/h2-7,10,12,16,19H,8-9,11H2,1H3,(H,20,21)(H,22,23)/t12-,16+/m0/s1. The molecule has 3 N–H and O–H groups in total. The van der Waals surface area contributed by atoms with Gasteiger partial charge in [-0.1, -0.05) is 30.3 Å². The quantitative estimate of drug-likeness (QED) is 0.495. The predicted octanol–water partition coefficient (Wildman–Crippen LogP) is 1.24. The van der Waals surface area contributed by atoms with Crippen LogP contribution in [0.2, 0.25) is 0 Å². The largest absolute Gasteiger partial charge is 0.481 e. The van der Waals surface area contributed by atoms with Crippen molar-refractivity contribution in [1.29, 1.82) is 0 Å². The highest BCUT2D eigenvalue weighted by molar-refractivity contribution is 7.94. The lowest BCUT2D eigenvalue weighted by molar-refractivity contribution is -0.140. The molecule has 2 aromatic carbocycles. The molecule has 0 fully saturated rings. The number of nitrogens with one attached hydrogen (secondary N) is 1. The summed E-state index contributed by atoms with van der Waals surface area (Å²) in [6.07, 6.45) is -1.01. The predicted molar refractivity (Wildman–Crippen MR) is 106 cm³/mol. The van der Waals surface area contributed by atoms with Crippen LogP contribution >= 0.6 is 0 Å². The van der Waals surface area contributed by atoms with E-state index in [-0.39, 0.29) is 4.90 Å². The highest BCUT2D eigenvalue weighted by Crippen LogP contribution is 2.23. The number of rotatable bonds is 10. The third-order valence-corrected chi connectivity index (χ3v) is 8.23. The average molecular weight is 443 g/mol. The SMILES string of the molecule is C[C@@H](CS(=O)(=O)N[C@H](CCC(=O)O)C(=O)O)S(=O)(=O)c1ccc2ccccc2c1. The lowest BCUT2D eigenvalue weighted by atomic mass is 10.1. The zero-order valence-corrected chi connectivity index (χ0v) is 17.1. The Hall–Kier alpha value is -2.50. The van der Waals surface area contributed by atoms with E-state index in [0.29, 0.717) is 5.39 Å². The highest BCUT2D eigenvalue weighted by Gasteiger charge is 2.31. The lowest BCUT2D eigenvalue weighted by Gasteiger charge is -2.17. The topological polar surface area (TPSA) is 155 Å². The van der Waals surface area contributed by atoms with Crippen LogP contribution in [0.4, 0.5) is 0 Å². The Labute approximate surface area is 168 Å². The van der Waals surface area contributed by atoms with Crippen LogP contribution in [0.1, 0.15) is 19.8 Å². The molecule has 0 unspecified atom stereocenters. The Balaban J connectivity index is 2.19. The summed E-state index contributed by atoms with van der Waals surface area (Å²) >= 11 is 0. The van der Waals surface area contributed by atoms with E-state index >= 15 is 0 Å². The van der Waals surface area contributed by atoms with E-state index in [1.807, 2.05) is 10.8 Å². The van der Waals surface area contributed by atoms with Crippen molar-refractivity contribution in [2.45, 2.75) is 36.0 Å². The number of hydrogen-bond donors (Lipinski definition) is 3. The summed E-state index contributed by atoms with van der Waals surface area (Å²) in [4.78, 5) is 21.7. The summed E-state index contributed by atoms with van der Waals surface area (Å²) in [6.45, 7) is 1.22. The first-order chi connectivity index (χ1) is 13.4. The molecule has 0 radical (unpaired) electrons. The van der Waals surface area contributed by atoms with E-state index in [9.17, 15) is 26.4 Å². The van der Waals surface area contributed by atoms with E-state index < -0.39 is 61.7 Å². The van der Waals surface area contributed by atoms with Crippen LogP contribution in [0.25, 0.3) is 10.8 Å². The van der Waals surface area contributed by atoms with Gasteiger partial charge >= 0.3 is 11.9 Å². The maximum Gasteiger partial charge on any atom is 0.321 e. The van der Waals surface area contributed by atoms with Crippen molar-refractivity contribution in [3.05, 3.63) is 42.5 Å². The zero-order valence-electron chi connectivity index (χ0n) is 15.5. The van der Waals surface area contributed by atoms with Gasteiger partial charge in [0.05, 0.1) is 15.9 Å².